The summed E-state index contributed by atoms with van der Waals surface area (Å²) in [4.78, 5) is 18.6. The standard InChI is InChI=1S/C16H13F2N3O/c1-8-3-9(2)5-10(4-8)19-16-20-14-7-13(18)12(17)6-11(14)15(22)21-16/h3-7H,1-2H3,(H2,19,20,21,22). The fourth-order valence-corrected chi connectivity index (χ4v) is 2.38. The van der Waals surface area contributed by atoms with Crippen molar-refractivity contribution in [2.45, 2.75) is 13.8 Å². The van der Waals surface area contributed by atoms with E-state index in [1.165, 1.54) is 0 Å². The molecular formula is C16H13F2N3O. The minimum absolute atomic E-state index is 0.00451. The molecule has 1 heterocycles. The van der Waals surface area contributed by atoms with E-state index in [1.54, 1.807) is 0 Å². The number of aryl methyl sites for hydroxylation is 2. The Balaban J connectivity index is 2.08. The summed E-state index contributed by atoms with van der Waals surface area (Å²) in [5, 5.41) is 2.97. The molecule has 0 aliphatic carbocycles. The second-order valence-electron chi connectivity index (χ2n) is 5.20. The van der Waals surface area contributed by atoms with Gasteiger partial charge in [0.15, 0.2) is 11.6 Å². The first-order chi connectivity index (χ1) is 10.4. The van der Waals surface area contributed by atoms with Crippen LogP contribution in [-0.4, -0.2) is 9.97 Å². The summed E-state index contributed by atoms with van der Waals surface area (Å²) in [5.41, 5.74) is 2.42. The van der Waals surface area contributed by atoms with E-state index in [4.69, 9.17) is 0 Å². The Kier molecular flexibility index (Phi) is 3.36. The Bertz CT molecular complexity index is 914. The van der Waals surface area contributed by atoms with Gasteiger partial charge < -0.3 is 5.32 Å². The van der Waals surface area contributed by atoms with Crippen molar-refractivity contribution in [2.24, 2.45) is 0 Å². The van der Waals surface area contributed by atoms with Crippen LogP contribution in [0.25, 0.3) is 10.9 Å². The number of halogens is 2. The number of hydrogen-bond acceptors (Lipinski definition) is 3. The fourth-order valence-electron chi connectivity index (χ4n) is 2.38. The zero-order valence-corrected chi connectivity index (χ0v) is 12.0. The van der Waals surface area contributed by atoms with Crippen LogP contribution in [0.3, 0.4) is 0 Å². The molecule has 112 valence electrons. The highest BCUT2D eigenvalue weighted by atomic mass is 19.2. The molecule has 3 rings (SSSR count). The first kappa shape index (κ1) is 14.2. The van der Waals surface area contributed by atoms with Crippen LogP contribution in [0, 0.1) is 25.5 Å². The van der Waals surface area contributed by atoms with Crippen molar-refractivity contribution in [2.75, 3.05) is 5.32 Å². The number of fused-ring (bicyclic) bond motifs is 1. The van der Waals surface area contributed by atoms with Crippen LogP contribution in [0.2, 0.25) is 0 Å². The Morgan fingerprint density at radius 1 is 1.00 bits per heavy atom. The predicted octanol–water partition coefficient (Wildman–Crippen LogP) is 3.56. The summed E-state index contributed by atoms with van der Waals surface area (Å²) >= 11 is 0. The maximum absolute atomic E-state index is 13.3. The number of nitrogens with zero attached hydrogens (tertiary/aromatic N) is 1. The van der Waals surface area contributed by atoms with Gasteiger partial charge in [0.05, 0.1) is 10.9 Å². The lowest BCUT2D eigenvalue weighted by Gasteiger charge is -2.08. The molecule has 6 heteroatoms. The van der Waals surface area contributed by atoms with Gasteiger partial charge in [-0.15, -0.1) is 0 Å². The molecule has 0 amide bonds. The average Bonchev–Trinajstić information content (AvgIpc) is 2.40. The molecule has 0 atom stereocenters. The smallest absolute Gasteiger partial charge is 0.260 e. The van der Waals surface area contributed by atoms with E-state index in [0.717, 1.165) is 28.9 Å². The number of hydrogen-bond donors (Lipinski definition) is 2. The highest BCUT2D eigenvalue weighted by Gasteiger charge is 2.10. The van der Waals surface area contributed by atoms with Gasteiger partial charge in [-0.3, -0.25) is 9.78 Å². The van der Waals surface area contributed by atoms with E-state index in [0.29, 0.717) is 0 Å². The molecule has 0 fully saturated rings. The molecule has 0 radical (unpaired) electrons. The molecule has 3 aromatic rings. The van der Waals surface area contributed by atoms with Gasteiger partial charge in [0.25, 0.3) is 5.56 Å². The third-order valence-electron chi connectivity index (χ3n) is 3.23. The van der Waals surface area contributed by atoms with Gasteiger partial charge in [-0.1, -0.05) is 6.07 Å². The number of anilines is 2. The number of nitrogens with one attached hydrogen (secondary N) is 2. The van der Waals surface area contributed by atoms with Gasteiger partial charge in [0.1, 0.15) is 0 Å². The molecule has 0 bridgehead atoms. The SMILES string of the molecule is Cc1cc(C)cc(Nc2nc3cc(F)c(F)cc3c(=O)[nH]2)c1. The van der Waals surface area contributed by atoms with Crippen molar-refractivity contribution in [1.82, 2.24) is 9.97 Å². The molecule has 22 heavy (non-hydrogen) atoms. The highest BCUT2D eigenvalue weighted by molar-refractivity contribution is 5.79. The van der Waals surface area contributed by atoms with Gasteiger partial charge in [-0.05, 0) is 43.2 Å². The Labute approximate surface area is 124 Å². The van der Waals surface area contributed by atoms with Crippen LogP contribution < -0.4 is 10.9 Å². The van der Waals surface area contributed by atoms with E-state index >= 15 is 0 Å². The number of aromatic amines is 1. The Morgan fingerprint density at radius 2 is 1.64 bits per heavy atom. The predicted molar refractivity (Wildman–Crippen MR) is 81.5 cm³/mol. The van der Waals surface area contributed by atoms with E-state index in [1.807, 2.05) is 32.0 Å². The Hall–Kier alpha value is -2.76. The second-order valence-corrected chi connectivity index (χ2v) is 5.20. The number of aromatic nitrogens is 2. The van der Waals surface area contributed by atoms with Gasteiger partial charge in [0.2, 0.25) is 5.95 Å². The monoisotopic (exact) mass is 301 g/mol. The van der Waals surface area contributed by atoms with Gasteiger partial charge in [0, 0.05) is 11.8 Å². The molecule has 0 unspecified atom stereocenters. The molecule has 4 nitrogen and oxygen atoms in total. The van der Waals surface area contributed by atoms with Gasteiger partial charge >= 0.3 is 0 Å². The molecule has 2 aromatic carbocycles. The molecular weight excluding hydrogens is 288 g/mol. The zero-order chi connectivity index (χ0) is 15.9. The van der Waals surface area contributed by atoms with E-state index < -0.39 is 17.2 Å². The molecule has 0 aliphatic rings. The van der Waals surface area contributed by atoms with Crippen LogP contribution in [0.1, 0.15) is 11.1 Å². The van der Waals surface area contributed by atoms with E-state index in [2.05, 4.69) is 15.3 Å². The van der Waals surface area contributed by atoms with Crippen molar-refractivity contribution in [3.63, 3.8) is 0 Å². The lowest BCUT2D eigenvalue weighted by molar-refractivity contribution is 0.510. The van der Waals surface area contributed by atoms with Gasteiger partial charge in [-0.25, -0.2) is 13.8 Å². The van der Waals surface area contributed by atoms with Crippen LogP contribution >= 0.6 is 0 Å². The van der Waals surface area contributed by atoms with Crippen molar-refractivity contribution in [3.8, 4) is 0 Å². The minimum Gasteiger partial charge on any atom is -0.326 e. The summed E-state index contributed by atoms with van der Waals surface area (Å²) in [6, 6.07) is 7.55. The number of benzene rings is 2. The average molecular weight is 301 g/mol. The van der Waals surface area contributed by atoms with Crippen molar-refractivity contribution < 1.29 is 8.78 Å². The fraction of sp³-hybridized carbons (Fsp3) is 0.125. The normalized spacial score (nSPS) is 10.9. The third-order valence-corrected chi connectivity index (χ3v) is 3.23. The lowest BCUT2D eigenvalue weighted by atomic mass is 10.1. The summed E-state index contributed by atoms with van der Waals surface area (Å²) in [5.74, 6) is -1.94. The second kappa shape index (κ2) is 5.22. The molecule has 0 spiro atoms. The third kappa shape index (κ3) is 2.67. The van der Waals surface area contributed by atoms with E-state index in [9.17, 15) is 13.6 Å². The first-order valence-electron chi connectivity index (χ1n) is 6.67. The lowest BCUT2D eigenvalue weighted by Crippen LogP contribution is -2.12. The Morgan fingerprint density at radius 3 is 2.32 bits per heavy atom. The molecule has 0 saturated carbocycles. The largest absolute Gasteiger partial charge is 0.326 e. The summed E-state index contributed by atoms with van der Waals surface area (Å²) < 4.78 is 26.5. The number of rotatable bonds is 2. The summed E-state index contributed by atoms with van der Waals surface area (Å²) in [6.45, 7) is 3.90. The maximum atomic E-state index is 13.3. The summed E-state index contributed by atoms with van der Waals surface area (Å²) in [7, 11) is 0. The molecule has 0 saturated heterocycles. The molecule has 0 aliphatic heterocycles. The van der Waals surface area contributed by atoms with Crippen LogP contribution in [0.4, 0.5) is 20.4 Å². The van der Waals surface area contributed by atoms with Crippen LogP contribution in [0.15, 0.2) is 35.1 Å². The maximum Gasteiger partial charge on any atom is 0.260 e. The molecule has 2 N–H and O–H groups in total. The minimum atomic E-state index is -1.07. The number of H-pyrrole nitrogens is 1. The first-order valence-corrected chi connectivity index (χ1v) is 6.67. The zero-order valence-electron chi connectivity index (χ0n) is 12.0. The van der Waals surface area contributed by atoms with E-state index in [-0.39, 0.29) is 16.9 Å². The van der Waals surface area contributed by atoms with Crippen molar-refractivity contribution in [1.29, 1.82) is 0 Å². The van der Waals surface area contributed by atoms with Gasteiger partial charge in [-0.2, -0.15) is 0 Å². The molecule has 1 aromatic heterocycles. The summed E-state index contributed by atoms with van der Waals surface area (Å²) in [6.07, 6.45) is 0. The quantitative estimate of drug-likeness (QED) is 0.761. The highest BCUT2D eigenvalue weighted by Crippen LogP contribution is 2.19. The van der Waals surface area contributed by atoms with Crippen LogP contribution in [0.5, 0.6) is 0 Å². The van der Waals surface area contributed by atoms with Crippen molar-refractivity contribution >= 4 is 22.5 Å². The van der Waals surface area contributed by atoms with Crippen molar-refractivity contribution in [3.05, 3.63) is 63.4 Å². The topological polar surface area (TPSA) is 57.8 Å². The van der Waals surface area contributed by atoms with Crippen LogP contribution in [-0.2, 0) is 0 Å².